The Balaban J connectivity index is 1.36. The molecule has 0 spiro atoms. The highest BCUT2D eigenvalue weighted by Crippen LogP contribution is 2.32. The molecule has 23 heavy (non-hydrogen) atoms. The van der Waals surface area contributed by atoms with Crippen LogP contribution in [0.4, 0.5) is 5.95 Å². The fourth-order valence-corrected chi connectivity index (χ4v) is 3.70. The first-order chi connectivity index (χ1) is 11.3. The smallest absolute Gasteiger partial charge is 0.227 e. The molecule has 0 saturated carbocycles. The van der Waals surface area contributed by atoms with Crippen molar-refractivity contribution in [3.63, 3.8) is 0 Å². The highest BCUT2D eigenvalue weighted by molar-refractivity contribution is 5.79. The van der Waals surface area contributed by atoms with E-state index in [-0.39, 0.29) is 5.91 Å². The van der Waals surface area contributed by atoms with E-state index >= 15 is 0 Å². The van der Waals surface area contributed by atoms with Gasteiger partial charge in [0.2, 0.25) is 11.9 Å². The van der Waals surface area contributed by atoms with Gasteiger partial charge in [0.25, 0.3) is 0 Å². The van der Waals surface area contributed by atoms with Crippen molar-refractivity contribution in [2.24, 2.45) is 11.8 Å². The summed E-state index contributed by atoms with van der Waals surface area (Å²) in [7, 11) is 0. The number of benzene rings is 1. The summed E-state index contributed by atoms with van der Waals surface area (Å²) in [5.74, 6) is 2.13. The molecule has 4 rings (SSSR count). The van der Waals surface area contributed by atoms with Gasteiger partial charge in [-0.15, -0.1) is 0 Å². The molecule has 0 radical (unpaired) electrons. The number of hydrogen-bond donors (Lipinski definition) is 0. The van der Waals surface area contributed by atoms with Crippen LogP contribution in [0.1, 0.15) is 5.56 Å². The SMILES string of the molecule is O=C(Cc1ccccc1)N1C[C@@H]2CN(c3ncccn3)C[C@@H]2C1. The summed E-state index contributed by atoms with van der Waals surface area (Å²) in [6.45, 7) is 3.62. The van der Waals surface area contributed by atoms with Crippen LogP contribution in [0.2, 0.25) is 0 Å². The van der Waals surface area contributed by atoms with Crippen LogP contribution in [0.25, 0.3) is 0 Å². The van der Waals surface area contributed by atoms with Gasteiger partial charge < -0.3 is 9.80 Å². The first-order valence-electron chi connectivity index (χ1n) is 8.13. The predicted molar refractivity (Wildman–Crippen MR) is 88.0 cm³/mol. The molecule has 5 heteroatoms. The maximum Gasteiger partial charge on any atom is 0.227 e. The van der Waals surface area contributed by atoms with Crippen LogP contribution in [-0.4, -0.2) is 47.0 Å². The number of aromatic nitrogens is 2. The Bertz CT molecular complexity index is 662. The van der Waals surface area contributed by atoms with Crippen molar-refractivity contribution < 1.29 is 4.79 Å². The zero-order valence-electron chi connectivity index (χ0n) is 13.0. The number of fused-ring (bicyclic) bond motifs is 1. The molecule has 2 aromatic rings. The van der Waals surface area contributed by atoms with E-state index in [9.17, 15) is 4.79 Å². The zero-order chi connectivity index (χ0) is 15.6. The van der Waals surface area contributed by atoms with Gasteiger partial charge in [-0.2, -0.15) is 0 Å². The minimum atomic E-state index is 0.244. The van der Waals surface area contributed by atoms with Crippen LogP contribution in [0.3, 0.4) is 0 Å². The summed E-state index contributed by atoms with van der Waals surface area (Å²) in [6, 6.07) is 11.8. The summed E-state index contributed by atoms with van der Waals surface area (Å²) >= 11 is 0. The second-order valence-corrected chi connectivity index (χ2v) is 6.44. The van der Waals surface area contributed by atoms with Crippen molar-refractivity contribution in [3.05, 3.63) is 54.4 Å². The third-order valence-corrected chi connectivity index (χ3v) is 4.87. The van der Waals surface area contributed by atoms with Crippen LogP contribution >= 0.6 is 0 Å². The molecule has 1 aromatic carbocycles. The van der Waals surface area contributed by atoms with Gasteiger partial charge in [0.15, 0.2) is 0 Å². The van der Waals surface area contributed by atoms with Gasteiger partial charge in [-0.1, -0.05) is 30.3 Å². The van der Waals surface area contributed by atoms with Crippen molar-refractivity contribution >= 4 is 11.9 Å². The summed E-state index contributed by atoms with van der Waals surface area (Å²) < 4.78 is 0. The molecular weight excluding hydrogens is 288 g/mol. The molecule has 0 unspecified atom stereocenters. The number of hydrogen-bond acceptors (Lipinski definition) is 4. The number of rotatable bonds is 3. The maximum atomic E-state index is 12.5. The Hall–Kier alpha value is -2.43. The zero-order valence-corrected chi connectivity index (χ0v) is 13.0. The van der Waals surface area contributed by atoms with Crippen LogP contribution < -0.4 is 4.90 Å². The number of carbonyl (C=O) groups excluding carboxylic acids is 1. The largest absolute Gasteiger partial charge is 0.342 e. The van der Waals surface area contributed by atoms with E-state index in [1.165, 1.54) is 0 Å². The Labute approximate surface area is 136 Å². The molecule has 2 aliphatic heterocycles. The van der Waals surface area contributed by atoms with E-state index in [4.69, 9.17) is 0 Å². The molecule has 0 aliphatic carbocycles. The van der Waals surface area contributed by atoms with E-state index in [0.717, 1.165) is 37.7 Å². The minimum absolute atomic E-state index is 0.244. The molecule has 1 aromatic heterocycles. The van der Waals surface area contributed by atoms with Crippen LogP contribution in [0.15, 0.2) is 48.8 Å². The van der Waals surface area contributed by atoms with Gasteiger partial charge in [-0.3, -0.25) is 4.79 Å². The maximum absolute atomic E-state index is 12.5. The van der Waals surface area contributed by atoms with Gasteiger partial charge in [-0.05, 0) is 11.6 Å². The topological polar surface area (TPSA) is 49.3 Å². The molecule has 118 valence electrons. The Morgan fingerprint density at radius 2 is 1.61 bits per heavy atom. The summed E-state index contributed by atoms with van der Waals surface area (Å²) in [6.07, 6.45) is 4.07. The van der Waals surface area contributed by atoms with Crippen molar-refractivity contribution in [2.75, 3.05) is 31.1 Å². The Morgan fingerprint density at radius 3 is 2.26 bits per heavy atom. The van der Waals surface area contributed by atoms with Gasteiger partial charge in [0.1, 0.15) is 0 Å². The first kappa shape index (κ1) is 14.2. The van der Waals surface area contributed by atoms with E-state index in [0.29, 0.717) is 18.3 Å². The van der Waals surface area contributed by atoms with Gasteiger partial charge in [0, 0.05) is 50.4 Å². The van der Waals surface area contributed by atoms with Crippen molar-refractivity contribution in [3.8, 4) is 0 Å². The number of carbonyl (C=O) groups is 1. The van der Waals surface area contributed by atoms with Crippen LogP contribution in [-0.2, 0) is 11.2 Å². The lowest BCUT2D eigenvalue weighted by Crippen LogP contribution is -2.34. The molecule has 2 atom stereocenters. The van der Waals surface area contributed by atoms with Crippen LogP contribution in [0, 0.1) is 11.8 Å². The van der Waals surface area contributed by atoms with Crippen molar-refractivity contribution in [1.82, 2.24) is 14.9 Å². The number of nitrogens with zero attached hydrogens (tertiary/aromatic N) is 4. The first-order valence-corrected chi connectivity index (χ1v) is 8.13. The fraction of sp³-hybridized carbons (Fsp3) is 0.389. The number of likely N-dealkylation sites (tertiary alicyclic amines) is 1. The summed E-state index contributed by atoms with van der Waals surface area (Å²) in [5, 5.41) is 0. The number of anilines is 1. The Morgan fingerprint density at radius 1 is 0.957 bits per heavy atom. The average molecular weight is 308 g/mol. The van der Waals surface area contributed by atoms with Crippen molar-refractivity contribution in [1.29, 1.82) is 0 Å². The van der Waals surface area contributed by atoms with Crippen molar-refractivity contribution in [2.45, 2.75) is 6.42 Å². The highest BCUT2D eigenvalue weighted by atomic mass is 16.2. The third-order valence-electron chi connectivity index (χ3n) is 4.87. The second-order valence-electron chi connectivity index (χ2n) is 6.44. The van der Waals surface area contributed by atoms with E-state index in [1.807, 2.05) is 41.3 Å². The molecule has 5 nitrogen and oxygen atoms in total. The minimum Gasteiger partial charge on any atom is -0.342 e. The van der Waals surface area contributed by atoms with E-state index in [2.05, 4.69) is 14.9 Å². The molecule has 0 bridgehead atoms. The molecule has 2 aliphatic rings. The second kappa shape index (κ2) is 5.99. The molecule has 0 N–H and O–H groups in total. The fourth-order valence-electron chi connectivity index (χ4n) is 3.70. The predicted octanol–water partition coefficient (Wildman–Crippen LogP) is 1.61. The standard InChI is InChI=1S/C18H20N4O/c23-17(9-14-5-2-1-3-6-14)21-10-15-12-22(13-16(15)11-21)18-19-7-4-8-20-18/h1-8,15-16H,9-13H2/t15-,16+. The van der Waals surface area contributed by atoms with E-state index < -0.39 is 0 Å². The Kier molecular flexibility index (Phi) is 3.69. The quantitative estimate of drug-likeness (QED) is 0.864. The monoisotopic (exact) mass is 308 g/mol. The molecule has 2 saturated heterocycles. The molecule has 3 heterocycles. The summed E-state index contributed by atoms with van der Waals surface area (Å²) in [4.78, 5) is 25.4. The third kappa shape index (κ3) is 2.91. The lowest BCUT2D eigenvalue weighted by Gasteiger charge is -2.21. The van der Waals surface area contributed by atoms with Gasteiger partial charge in [-0.25, -0.2) is 9.97 Å². The highest BCUT2D eigenvalue weighted by Gasteiger charge is 2.42. The summed E-state index contributed by atoms with van der Waals surface area (Å²) in [5.41, 5.74) is 1.09. The number of amides is 1. The molecule has 2 fully saturated rings. The lowest BCUT2D eigenvalue weighted by atomic mass is 10.0. The normalized spacial score (nSPS) is 23.1. The van der Waals surface area contributed by atoms with Crippen LogP contribution in [0.5, 0.6) is 0 Å². The van der Waals surface area contributed by atoms with Gasteiger partial charge >= 0.3 is 0 Å². The molecule has 1 amide bonds. The average Bonchev–Trinajstić information content (AvgIpc) is 3.15. The molecular formula is C18H20N4O. The van der Waals surface area contributed by atoms with Gasteiger partial charge in [0.05, 0.1) is 6.42 Å². The van der Waals surface area contributed by atoms with E-state index in [1.54, 1.807) is 12.4 Å². The lowest BCUT2D eigenvalue weighted by molar-refractivity contribution is -0.129.